The van der Waals surface area contributed by atoms with Gasteiger partial charge in [0.25, 0.3) is 10.0 Å². The number of hydrogen-bond acceptors (Lipinski definition) is 4. The fraction of sp³-hybridized carbons (Fsp3) is 0.125. The largest absolute Gasteiger partial charge is 0.462 e. The van der Waals surface area contributed by atoms with Crippen molar-refractivity contribution in [2.45, 2.75) is 18.7 Å². The lowest BCUT2D eigenvalue weighted by Crippen LogP contribution is -2.13. The summed E-state index contributed by atoms with van der Waals surface area (Å²) in [5.74, 6) is -0.420. The molecule has 0 atom stereocenters. The van der Waals surface area contributed by atoms with E-state index >= 15 is 0 Å². The summed E-state index contributed by atoms with van der Waals surface area (Å²) in [5, 5.41) is 0. The van der Waals surface area contributed by atoms with Gasteiger partial charge >= 0.3 is 5.97 Å². The Kier molecular flexibility index (Phi) is 5.52. The van der Waals surface area contributed by atoms with Crippen molar-refractivity contribution in [3.8, 4) is 11.1 Å². The first-order chi connectivity index (χ1) is 14.9. The van der Waals surface area contributed by atoms with Crippen LogP contribution in [0.2, 0.25) is 0 Å². The summed E-state index contributed by atoms with van der Waals surface area (Å²) in [4.78, 5) is 12.9. The molecular weight excluding hydrogens is 412 g/mol. The van der Waals surface area contributed by atoms with Crippen molar-refractivity contribution in [3.63, 3.8) is 0 Å². The van der Waals surface area contributed by atoms with Crippen LogP contribution < -0.4 is 4.72 Å². The Morgan fingerprint density at radius 2 is 1.81 bits per heavy atom. The lowest BCUT2D eigenvalue weighted by Gasteiger charge is -2.10. The Labute approximate surface area is 181 Å². The van der Waals surface area contributed by atoms with E-state index in [0.29, 0.717) is 22.4 Å². The molecule has 0 unspecified atom stereocenters. The van der Waals surface area contributed by atoms with Crippen LogP contribution in [-0.4, -0.2) is 25.4 Å². The number of nitrogens with one attached hydrogen (secondary N) is 1. The van der Waals surface area contributed by atoms with Crippen LogP contribution in [0.15, 0.2) is 84.0 Å². The molecule has 0 fully saturated rings. The van der Waals surface area contributed by atoms with Crippen molar-refractivity contribution in [2.75, 3.05) is 11.3 Å². The molecule has 0 bridgehead atoms. The molecule has 0 spiro atoms. The Hall–Kier alpha value is -3.58. The highest BCUT2D eigenvalue weighted by Crippen LogP contribution is 2.31. The standard InChI is InChI=1S/C24H22N2O4S/c1-3-30-24(27)23-21(16-26-14-5-4-9-22(23)26)18-7-6-8-19(15-18)25-31(28,29)20-12-10-17(2)11-13-20/h4-16,25H,3H2,1-2H3. The van der Waals surface area contributed by atoms with Gasteiger partial charge in [-0.2, -0.15) is 0 Å². The van der Waals surface area contributed by atoms with Crippen LogP contribution in [0, 0.1) is 6.92 Å². The topological polar surface area (TPSA) is 76.9 Å². The van der Waals surface area contributed by atoms with Crippen molar-refractivity contribution in [1.29, 1.82) is 0 Å². The average Bonchev–Trinajstić information content (AvgIpc) is 3.14. The van der Waals surface area contributed by atoms with E-state index in [2.05, 4.69) is 4.72 Å². The fourth-order valence-electron chi connectivity index (χ4n) is 3.44. The minimum Gasteiger partial charge on any atom is -0.462 e. The number of sulfonamides is 1. The van der Waals surface area contributed by atoms with Crippen molar-refractivity contribution >= 4 is 27.2 Å². The van der Waals surface area contributed by atoms with Crippen molar-refractivity contribution in [1.82, 2.24) is 4.40 Å². The van der Waals surface area contributed by atoms with E-state index in [-0.39, 0.29) is 11.5 Å². The van der Waals surface area contributed by atoms with Crippen LogP contribution >= 0.6 is 0 Å². The van der Waals surface area contributed by atoms with Gasteiger partial charge in [0.2, 0.25) is 0 Å². The van der Waals surface area contributed by atoms with E-state index in [1.165, 1.54) is 0 Å². The van der Waals surface area contributed by atoms with Crippen LogP contribution in [0.5, 0.6) is 0 Å². The molecule has 0 radical (unpaired) electrons. The molecule has 31 heavy (non-hydrogen) atoms. The number of esters is 1. The Morgan fingerprint density at radius 1 is 1.03 bits per heavy atom. The zero-order valence-corrected chi connectivity index (χ0v) is 18.0. The van der Waals surface area contributed by atoms with E-state index < -0.39 is 16.0 Å². The number of carbonyl (C=O) groups is 1. The Morgan fingerprint density at radius 3 is 2.55 bits per heavy atom. The minimum atomic E-state index is -3.74. The summed E-state index contributed by atoms with van der Waals surface area (Å²) >= 11 is 0. The second-order valence-electron chi connectivity index (χ2n) is 7.13. The third-order valence-corrected chi connectivity index (χ3v) is 6.32. The van der Waals surface area contributed by atoms with Crippen LogP contribution in [0.3, 0.4) is 0 Å². The normalized spacial score (nSPS) is 11.4. The zero-order chi connectivity index (χ0) is 22.0. The lowest BCUT2D eigenvalue weighted by atomic mass is 10.0. The van der Waals surface area contributed by atoms with Gasteiger partial charge in [-0.3, -0.25) is 4.72 Å². The van der Waals surface area contributed by atoms with Gasteiger partial charge in [-0.05, 0) is 55.8 Å². The smallest absolute Gasteiger partial charge is 0.340 e. The van der Waals surface area contributed by atoms with Crippen LogP contribution in [0.25, 0.3) is 16.6 Å². The molecule has 0 aliphatic heterocycles. The maximum Gasteiger partial charge on any atom is 0.340 e. The molecule has 4 rings (SSSR count). The summed E-state index contributed by atoms with van der Waals surface area (Å²) < 4.78 is 35.3. The molecule has 158 valence electrons. The molecule has 4 aromatic rings. The van der Waals surface area contributed by atoms with Gasteiger partial charge in [-0.25, -0.2) is 13.2 Å². The molecule has 2 heterocycles. The number of fused-ring (bicyclic) bond motifs is 1. The van der Waals surface area contributed by atoms with E-state index in [1.54, 1.807) is 49.4 Å². The van der Waals surface area contributed by atoms with Gasteiger partial charge in [0.05, 0.1) is 22.6 Å². The van der Waals surface area contributed by atoms with E-state index in [1.807, 2.05) is 48.0 Å². The molecule has 0 saturated heterocycles. The summed E-state index contributed by atoms with van der Waals surface area (Å²) in [7, 11) is -3.74. The van der Waals surface area contributed by atoms with Crippen LogP contribution in [0.1, 0.15) is 22.8 Å². The number of aromatic nitrogens is 1. The second kappa shape index (κ2) is 8.28. The highest BCUT2D eigenvalue weighted by atomic mass is 32.2. The van der Waals surface area contributed by atoms with Gasteiger partial charge in [0.1, 0.15) is 0 Å². The van der Waals surface area contributed by atoms with Gasteiger partial charge < -0.3 is 9.14 Å². The van der Waals surface area contributed by atoms with E-state index in [0.717, 1.165) is 11.1 Å². The molecule has 7 heteroatoms. The van der Waals surface area contributed by atoms with Crippen molar-refractivity contribution in [2.24, 2.45) is 0 Å². The quantitative estimate of drug-likeness (QED) is 0.438. The van der Waals surface area contributed by atoms with Crippen molar-refractivity contribution in [3.05, 3.63) is 90.3 Å². The number of aryl methyl sites for hydroxylation is 1. The molecular formula is C24H22N2O4S. The highest BCUT2D eigenvalue weighted by molar-refractivity contribution is 7.92. The third-order valence-electron chi connectivity index (χ3n) is 4.92. The molecule has 1 N–H and O–H groups in total. The molecule has 2 aromatic heterocycles. The Bertz CT molecular complexity index is 1360. The van der Waals surface area contributed by atoms with Gasteiger partial charge in [-0.1, -0.05) is 35.9 Å². The lowest BCUT2D eigenvalue weighted by molar-refractivity contribution is 0.0529. The first kappa shape index (κ1) is 20.7. The van der Waals surface area contributed by atoms with Crippen LogP contribution in [-0.2, 0) is 14.8 Å². The maximum atomic E-state index is 12.8. The number of anilines is 1. The predicted octanol–water partition coefficient (Wildman–Crippen LogP) is 4.89. The van der Waals surface area contributed by atoms with E-state index in [4.69, 9.17) is 4.74 Å². The molecule has 0 amide bonds. The fourth-order valence-corrected chi connectivity index (χ4v) is 4.49. The molecule has 2 aromatic carbocycles. The number of hydrogen-bond donors (Lipinski definition) is 1. The number of ether oxygens (including phenoxy) is 1. The molecule has 0 aliphatic carbocycles. The molecule has 0 aliphatic rings. The molecule has 0 saturated carbocycles. The summed E-state index contributed by atoms with van der Waals surface area (Å²) in [6.07, 6.45) is 3.70. The van der Waals surface area contributed by atoms with Gasteiger partial charge in [0, 0.05) is 23.6 Å². The molecule has 6 nitrogen and oxygen atoms in total. The monoisotopic (exact) mass is 434 g/mol. The number of carbonyl (C=O) groups excluding carboxylic acids is 1. The zero-order valence-electron chi connectivity index (χ0n) is 17.2. The highest BCUT2D eigenvalue weighted by Gasteiger charge is 2.21. The average molecular weight is 435 g/mol. The second-order valence-corrected chi connectivity index (χ2v) is 8.81. The first-order valence-electron chi connectivity index (χ1n) is 9.86. The summed E-state index contributed by atoms with van der Waals surface area (Å²) in [6, 6.07) is 19.2. The third kappa shape index (κ3) is 4.18. The van der Waals surface area contributed by atoms with Crippen LogP contribution in [0.4, 0.5) is 5.69 Å². The minimum absolute atomic E-state index is 0.185. The van der Waals surface area contributed by atoms with Crippen molar-refractivity contribution < 1.29 is 17.9 Å². The summed E-state index contributed by atoms with van der Waals surface area (Å²) in [5.41, 5.74) is 3.93. The maximum absolute atomic E-state index is 12.8. The van der Waals surface area contributed by atoms with Gasteiger partial charge in [-0.15, -0.1) is 0 Å². The van der Waals surface area contributed by atoms with Gasteiger partial charge in [0.15, 0.2) is 0 Å². The SMILES string of the molecule is CCOC(=O)c1c(-c2cccc(NS(=O)(=O)c3ccc(C)cc3)c2)cn2ccccc12. The number of benzene rings is 2. The number of pyridine rings is 1. The number of nitrogens with zero attached hydrogens (tertiary/aromatic N) is 1. The first-order valence-corrected chi connectivity index (χ1v) is 11.3. The predicted molar refractivity (Wildman–Crippen MR) is 121 cm³/mol. The number of rotatable bonds is 6. The summed E-state index contributed by atoms with van der Waals surface area (Å²) in [6.45, 7) is 3.92. The van der Waals surface area contributed by atoms with E-state index in [9.17, 15) is 13.2 Å². The Balaban J connectivity index is 1.75.